The van der Waals surface area contributed by atoms with Gasteiger partial charge in [0, 0.05) is 32.9 Å². The van der Waals surface area contributed by atoms with Gasteiger partial charge in [-0.05, 0) is 45.8 Å². The largest absolute Gasteiger partial charge is 0.385 e. The molecule has 1 aliphatic rings. The number of nitrogens with zero attached hydrogens (tertiary/aromatic N) is 1. The van der Waals surface area contributed by atoms with Crippen LogP contribution in [0.3, 0.4) is 0 Å². The van der Waals surface area contributed by atoms with Crippen LogP contribution in [0.5, 0.6) is 0 Å². The Balaban J connectivity index is 2.01. The van der Waals surface area contributed by atoms with E-state index in [1.54, 1.807) is 7.11 Å². The maximum absolute atomic E-state index is 5.59. The van der Waals surface area contributed by atoms with Gasteiger partial charge in [-0.2, -0.15) is 0 Å². The Hall–Kier alpha value is -0.160. The van der Waals surface area contributed by atoms with E-state index < -0.39 is 0 Å². The SMILES string of the molecule is COCCCOCCN(C)C1CCCNCC1. The van der Waals surface area contributed by atoms with Crippen LogP contribution in [0.4, 0.5) is 0 Å². The second-order valence-corrected chi connectivity index (χ2v) is 4.77. The first kappa shape index (κ1) is 14.9. The summed E-state index contributed by atoms with van der Waals surface area (Å²) >= 11 is 0. The van der Waals surface area contributed by atoms with E-state index in [-0.39, 0.29) is 0 Å². The number of methoxy groups -OCH3 is 1. The monoisotopic (exact) mass is 244 g/mol. The lowest BCUT2D eigenvalue weighted by Gasteiger charge is -2.26. The van der Waals surface area contributed by atoms with Crippen molar-refractivity contribution in [3.8, 4) is 0 Å². The Morgan fingerprint density at radius 2 is 2.06 bits per heavy atom. The van der Waals surface area contributed by atoms with Gasteiger partial charge in [0.2, 0.25) is 0 Å². The molecule has 1 unspecified atom stereocenters. The number of ether oxygens (including phenoxy) is 2. The number of likely N-dealkylation sites (N-methyl/N-ethyl adjacent to an activating group) is 1. The van der Waals surface area contributed by atoms with Crippen molar-refractivity contribution in [3.63, 3.8) is 0 Å². The number of hydrogen-bond donors (Lipinski definition) is 1. The molecule has 1 atom stereocenters. The molecule has 1 fully saturated rings. The predicted octanol–water partition coefficient (Wildman–Crippen LogP) is 1.11. The second-order valence-electron chi connectivity index (χ2n) is 4.77. The first-order valence-corrected chi connectivity index (χ1v) is 6.82. The van der Waals surface area contributed by atoms with Crippen LogP contribution in [0, 0.1) is 0 Å². The van der Waals surface area contributed by atoms with E-state index in [1.807, 2.05) is 0 Å². The third kappa shape index (κ3) is 6.99. The molecular weight excluding hydrogens is 216 g/mol. The summed E-state index contributed by atoms with van der Waals surface area (Å²) in [6.07, 6.45) is 4.87. The number of rotatable bonds is 8. The van der Waals surface area contributed by atoms with Crippen molar-refractivity contribution in [2.75, 3.05) is 53.6 Å². The summed E-state index contributed by atoms with van der Waals surface area (Å²) in [5.74, 6) is 0. The second kappa shape index (κ2) is 9.83. The highest BCUT2D eigenvalue weighted by molar-refractivity contribution is 4.73. The normalized spacial score (nSPS) is 21.7. The van der Waals surface area contributed by atoms with Crippen molar-refractivity contribution in [2.24, 2.45) is 0 Å². The molecule has 0 aromatic rings. The van der Waals surface area contributed by atoms with Crippen LogP contribution in [0.2, 0.25) is 0 Å². The molecule has 0 amide bonds. The van der Waals surface area contributed by atoms with E-state index in [4.69, 9.17) is 9.47 Å². The van der Waals surface area contributed by atoms with Crippen LogP contribution in [0.1, 0.15) is 25.7 Å². The fourth-order valence-electron chi connectivity index (χ4n) is 2.24. The van der Waals surface area contributed by atoms with E-state index in [9.17, 15) is 0 Å². The molecule has 0 aliphatic carbocycles. The molecule has 0 aromatic heterocycles. The van der Waals surface area contributed by atoms with Crippen molar-refractivity contribution in [3.05, 3.63) is 0 Å². The first-order valence-electron chi connectivity index (χ1n) is 6.82. The van der Waals surface area contributed by atoms with Crippen LogP contribution in [0.15, 0.2) is 0 Å². The van der Waals surface area contributed by atoms with Crippen molar-refractivity contribution in [1.82, 2.24) is 10.2 Å². The molecule has 1 saturated heterocycles. The molecule has 0 saturated carbocycles. The molecule has 102 valence electrons. The molecule has 4 heteroatoms. The van der Waals surface area contributed by atoms with E-state index in [1.165, 1.54) is 25.8 Å². The Labute approximate surface area is 106 Å². The molecule has 4 nitrogen and oxygen atoms in total. The fraction of sp³-hybridized carbons (Fsp3) is 1.00. The maximum atomic E-state index is 5.59. The van der Waals surface area contributed by atoms with Crippen molar-refractivity contribution < 1.29 is 9.47 Å². The maximum Gasteiger partial charge on any atom is 0.0593 e. The van der Waals surface area contributed by atoms with Gasteiger partial charge in [-0.15, -0.1) is 0 Å². The summed E-state index contributed by atoms with van der Waals surface area (Å²) in [4.78, 5) is 2.45. The minimum Gasteiger partial charge on any atom is -0.385 e. The molecule has 0 bridgehead atoms. The van der Waals surface area contributed by atoms with Crippen molar-refractivity contribution in [2.45, 2.75) is 31.7 Å². The Bertz CT molecular complexity index is 171. The predicted molar refractivity (Wildman–Crippen MR) is 70.5 cm³/mol. The molecule has 1 heterocycles. The van der Waals surface area contributed by atoms with Crippen molar-refractivity contribution >= 4 is 0 Å². The molecule has 17 heavy (non-hydrogen) atoms. The summed E-state index contributed by atoms with van der Waals surface area (Å²) in [5, 5.41) is 3.45. The van der Waals surface area contributed by atoms with E-state index in [0.29, 0.717) is 0 Å². The van der Waals surface area contributed by atoms with Crippen molar-refractivity contribution in [1.29, 1.82) is 0 Å². The molecule has 0 radical (unpaired) electrons. The quantitative estimate of drug-likeness (QED) is 0.649. The number of hydrogen-bond acceptors (Lipinski definition) is 4. The zero-order valence-electron chi connectivity index (χ0n) is 11.4. The summed E-state index contributed by atoms with van der Waals surface area (Å²) in [6.45, 7) is 5.82. The molecule has 1 N–H and O–H groups in total. The molecular formula is C13H28N2O2. The smallest absolute Gasteiger partial charge is 0.0593 e. The van der Waals surface area contributed by atoms with Gasteiger partial charge < -0.3 is 19.7 Å². The lowest BCUT2D eigenvalue weighted by atomic mass is 10.1. The highest BCUT2D eigenvalue weighted by Crippen LogP contribution is 2.11. The van der Waals surface area contributed by atoms with Crippen LogP contribution < -0.4 is 5.32 Å². The van der Waals surface area contributed by atoms with Gasteiger partial charge in [0.15, 0.2) is 0 Å². The Morgan fingerprint density at radius 1 is 1.18 bits per heavy atom. The third-order valence-corrected chi connectivity index (χ3v) is 3.39. The number of nitrogens with one attached hydrogen (secondary N) is 1. The van der Waals surface area contributed by atoms with E-state index in [0.717, 1.165) is 45.4 Å². The Kier molecular flexibility index (Phi) is 8.61. The highest BCUT2D eigenvalue weighted by atomic mass is 16.5. The van der Waals surface area contributed by atoms with E-state index in [2.05, 4.69) is 17.3 Å². The average Bonchev–Trinajstić information content (AvgIpc) is 2.62. The summed E-state index contributed by atoms with van der Waals surface area (Å²) in [6, 6.07) is 0.729. The molecule has 1 aliphatic heterocycles. The van der Waals surface area contributed by atoms with Gasteiger partial charge in [-0.3, -0.25) is 0 Å². The van der Waals surface area contributed by atoms with Gasteiger partial charge in [0.05, 0.1) is 6.61 Å². The van der Waals surface area contributed by atoms with Gasteiger partial charge in [-0.25, -0.2) is 0 Å². The fourth-order valence-corrected chi connectivity index (χ4v) is 2.24. The first-order chi connectivity index (χ1) is 8.34. The van der Waals surface area contributed by atoms with Gasteiger partial charge >= 0.3 is 0 Å². The standard InChI is InChI=1S/C13H28N2O2/c1-15(9-12-17-11-4-10-16-2)13-5-3-7-14-8-6-13/h13-14H,3-12H2,1-2H3. The summed E-state index contributed by atoms with van der Waals surface area (Å²) < 4.78 is 10.6. The average molecular weight is 244 g/mol. The lowest BCUT2D eigenvalue weighted by molar-refractivity contribution is 0.0785. The van der Waals surface area contributed by atoms with Gasteiger partial charge in [0.1, 0.15) is 0 Å². The zero-order valence-corrected chi connectivity index (χ0v) is 11.4. The Morgan fingerprint density at radius 3 is 2.88 bits per heavy atom. The molecule has 0 aromatic carbocycles. The zero-order chi connectivity index (χ0) is 12.3. The van der Waals surface area contributed by atoms with Gasteiger partial charge in [0.25, 0.3) is 0 Å². The molecule has 1 rings (SSSR count). The summed E-state index contributed by atoms with van der Waals surface area (Å²) in [5.41, 5.74) is 0. The topological polar surface area (TPSA) is 33.7 Å². The van der Waals surface area contributed by atoms with Crippen LogP contribution in [-0.4, -0.2) is 64.6 Å². The highest BCUT2D eigenvalue weighted by Gasteiger charge is 2.15. The molecule has 0 spiro atoms. The van der Waals surface area contributed by atoms with E-state index >= 15 is 0 Å². The van der Waals surface area contributed by atoms with Crippen LogP contribution in [-0.2, 0) is 9.47 Å². The van der Waals surface area contributed by atoms with Crippen LogP contribution >= 0.6 is 0 Å². The van der Waals surface area contributed by atoms with Crippen LogP contribution in [0.25, 0.3) is 0 Å². The summed E-state index contributed by atoms with van der Waals surface area (Å²) in [7, 11) is 3.95. The minimum absolute atomic E-state index is 0.729. The third-order valence-electron chi connectivity index (χ3n) is 3.39. The lowest BCUT2D eigenvalue weighted by Crippen LogP contribution is -2.35. The minimum atomic E-state index is 0.729. The van der Waals surface area contributed by atoms with Gasteiger partial charge in [-0.1, -0.05) is 0 Å².